The highest BCUT2D eigenvalue weighted by molar-refractivity contribution is 5.79. The number of benzene rings is 1. The van der Waals surface area contributed by atoms with Crippen LogP contribution in [0, 0.1) is 5.92 Å². The Bertz CT molecular complexity index is 522. The van der Waals surface area contributed by atoms with Gasteiger partial charge in [0.1, 0.15) is 0 Å². The minimum Gasteiger partial charge on any atom is -0.392 e. The van der Waals surface area contributed by atoms with Gasteiger partial charge in [0.2, 0.25) is 5.91 Å². The van der Waals surface area contributed by atoms with Gasteiger partial charge in [-0.05, 0) is 31.2 Å². The summed E-state index contributed by atoms with van der Waals surface area (Å²) in [6, 6.07) is 10.3. The Balaban J connectivity index is 1.54. The second-order valence-corrected chi connectivity index (χ2v) is 6.81. The van der Waals surface area contributed by atoms with Crippen molar-refractivity contribution in [1.29, 1.82) is 0 Å². The highest BCUT2D eigenvalue weighted by atomic mass is 16.3. The Labute approximate surface area is 137 Å². The van der Waals surface area contributed by atoms with Gasteiger partial charge >= 0.3 is 0 Å². The van der Waals surface area contributed by atoms with Crippen LogP contribution in [-0.2, 0) is 11.3 Å². The van der Waals surface area contributed by atoms with Gasteiger partial charge in [-0.3, -0.25) is 9.69 Å². The maximum atomic E-state index is 12.2. The molecule has 1 saturated carbocycles. The molecule has 1 heterocycles. The molecule has 2 aliphatic rings. The molecule has 23 heavy (non-hydrogen) atoms. The summed E-state index contributed by atoms with van der Waals surface area (Å²) in [4.78, 5) is 14.4. The fraction of sp³-hybridized carbons (Fsp3) is 0.611. The van der Waals surface area contributed by atoms with E-state index in [2.05, 4.69) is 22.3 Å². The van der Waals surface area contributed by atoms with Crippen molar-refractivity contribution in [2.24, 2.45) is 5.92 Å². The van der Waals surface area contributed by atoms with Gasteiger partial charge in [0.05, 0.1) is 18.1 Å². The van der Waals surface area contributed by atoms with Gasteiger partial charge in [0, 0.05) is 25.7 Å². The van der Waals surface area contributed by atoms with Crippen molar-refractivity contribution >= 4 is 5.91 Å². The van der Waals surface area contributed by atoms with Crippen molar-refractivity contribution in [3.63, 3.8) is 0 Å². The highest BCUT2D eigenvalue weighted by Gasteiger charge is 2.34. The normalized spacial score (nSPS) is 31.4. The molecule has 1 aliphatic heterocycles. The summed E-state index contributed by atoms with van der Waals surface area (Å²) < 4.78 is 0. The van der Waals surface area contributed by atoms with Gasteiger partial charge in [-0.1, -0.05) is 30.3 Å². The van der Waals surface area contributed by atoms with E-state index < -0.39 is 6.10 Å². The molecule has 1 amide bonds. The van der Waals surface area contributed by atoms with E-state index in [0.29, 0.717) is 19.5 Å². The summed E-state index contributed by atoms with van der Waals surface area (Å²) in [7, 11) is 0. The molecule has 126 valence electrons. The van der Waals surface area contributed by atoms with Gasteiger partial charge in [-0.25, -0.2) is 0 Å². The molecule has 0 radical (unpaired) electrons. The molecule has 3 N–H and O–H groups in total. The Morgan fingerprint density at radius 1 is 1.22 bits per heavy atom. The summed E-state index contributed by atoms with van der Waals surface area (Å²) in [5.41, 5.74) is 1.21. The predicted molar refractivity (Wildman–Crippen MR) is 87.6 cm³/mol. The number of likely N-dealkylation sites (tertiary alicyclic amines) is 1. The second kappa shape index (κ2) is 7.43. The minimum absolute atomic E-state index is 0.0453. The van der Waals surface area contributed by atoms with E-state index in [-0.39, 0.29) is 24.0 Å². The number of rotatable bonds is 5. The summed E-state index contributed by atoms with van der Waals surface area (Å²) >= 11 is 0. The number of amides is 1. The SMILES string of the molecule is O=C(NCC1CC(O)CN1Cc1ccccc1)C1CCCC1O. The molecular weight excluding hydrogens is 292 g/mol. The van der Waals surface area contributed by atoms with Gasteiger partial charge in [0.15, 0.2) is 0 Å². The van der Waals surface area contributed by atoms with E-state index in [9.17, 15) is 15.0 Å². The van der Waals surface area contributed by atoms with E-state index in [0.717, 1.165) is 25.8 Å². The lowest BCUT2D eigenvalue weighted by Gasteiger charge is -2.25. The quantitative estimate of drug-likeness (QED) is 0.754. The number of nitrogens with zero attached hydrogens (tertiary/aromatic N) is 1. The van der Waals surface area contributed by atoms with Crippen molar-refractivity contribution in [2.45, 2.75) is 50.5 Å². The number of carbonyl (C=O) groups is 1. The molecule has 0 bridgehead atoms. The summed E-state index contributed by atoms with van der Waals surface area (Å²) in [6.45, 7) is 1.96. The molecule has 3 rings (SSSR count). The molecule has 1 aliphatic carbocycles. The first-order chi connectivity index (χ1) is 11.1. The van der Waals surface area contributed by atoms with Crippen molar-refractivity contribution in [3.8, 4) is 0 Å². The number of hydrogen-bond acceptors (Lipinski definition) is 4. The number of carbonyl (C=O) groups excluding carboxylic acids is 1. The zero-order chi connectivity index (χ0) is 16.2. The molecule has 5 nitrogen and oxygen atoms in total. The second-order valence-electron chi connectivity index (χ2n) is 6.81. The molecule has 1 aromatic carbocycles. The molecule has 5 heteroatoms. The Kier molecular flexibility index (Phi) is 5.30. The third kappa shape index (κ3) is 4.10. The lowest BCUT2D eigenvalue weighted by atomic mass is 10.0. The van der Waals surface area contributed by atoms with Crippen LogP contribution in [0.25, 0.3) is 0 Å². The maximum Gasteiger partial charge on any atom is 0.225 e. The molecule has 0 aromatic heterocycles. The standard InChI is InChI=1S/C18H26N2O3/c21-15-9-14(10-19-18(23)16-7-4-8-17(16)22)20(12-15)11-13-5-2-1-3-6-13/h1-3,5-6,14-17,21-22H,4,7-12H2,(H,19,23). The van der Waals surface area contributed by atoms with E-state index in [1.807, 2.05) is 18.2 Å². The Morgan fingerprint density at radius 3 is 2.70 bits per heavy atom. The van der Waals surface area contributed by atoms with Crippen LogP contribution in [-0.4, -0.2) is 52.4 Å². The fourth-order valence-corrected chi connectivity index (χ4v) is 3.78. The van der Waals surface area contributed by atoms with Crippen LogP contribution in [0.5, 0.6) is 0 Å². The van der Waals surface area contributed by atoms with Crippen molar-refractivity contribution in [1.82, 2.24) is 10.2 Å². The molecule has 1 saturated heterocycles. The third-order valence-electron chi connectivity index (χ3n) is 5.06. The maximum absolute atomic E-state index is 12.2. The molecule has 0 spiro atoms. The minimum atomic E-state index is -0.496. The van der Waals surface area contributed by atoms with E-state index in [1.165, 1.54) is 5.56 Å². The van der Waals surface area contributed by atoms with Crippen LogP contribution < -0.4 is 5.32 Å². The lowest BCUT2D eigenvalue weighted by molar-refractivity contribution is -0.127. The summed E-state index contributed by atoms with van der Waals surface area (Å²) in [5.74, 6) is -0.306. The fourth-order valence-electron chi connectivity index (χ4n) is 3.78. The van der Waals surface area contributed by atoms with Gasteiger partial charge in [-0.15, -0.1) is 0 Å². The number of nitrogens with one attached hydrogen (secondary N) is 1. The predicted octanol–water partition coefficient (Wildman–Crippen LogP) is 0.899. The first kappa shape index (κ1) is 16.4. The third-order valence-corrected chi connectivity index (χ3v) is 5.06. The monoisotopic (exact) mass is 318 g/mol. The van der Waals surface area contributed by atoms with Crippen LogP contribution in [0.15, 0.2) is 30.3 Å². The zero-order valence-corrected chi connectivity index (χ0v) is 13.4. The molecule has 4 unspecified atom stereocenters. The summed E-state index contributed by atoms with van der Waals surface area (Å²) in [6.07, 6.45) is 2.26. The van der Waals surface area contributed by atoms with Crippen molar-refractivity contribution in [2.75, 3.05) is 13.1 Å². The highest BCUT2D eigenvalue weighted by Crippen LogP contribution is 2.26. The van der Waals surface area contributed by atoms with E-state index >= 15 is 0 Å². The lowest BCUT2D eigenvalue weighted by Crippen LogP contribution is -2.43. The van der Waals surface area contributed by atoms with Crippen LogP contribution in [0.2, 0.25) is 0 Å². The van der Waals surface area contributed by atoms with Crippen molar-refractivity contribution < 1.29 is 15.0 Å². The number of aliphatic hydroxyl groups is 2. The molecule has 1 aromatic rings. The first-order valence-corrected chi connectivity index (χ1v) is 8.55. The van der Waals surface area contributed by atoms with Crippen molar-refractivity contribution in [3.05, 3.63) is 35.9 Å². The van der Waals surface area contributed by atoms with Gasteiger partial charge in [0.25, 0.3) is 0 Å². The molecule has 4 atom stereocenters. The number of hydrogen-bond donors (Lipinski definition) is 3. The number of aliphatic hydroxyl groups excluding tert-OH is 2. The first-order valence-electron chi connectivity index (χ1n) is 8.55. The number of β-amino-alcohol motifs (C(OH)–C–C–N with tert-alkyl or cyclic N) is 1. The molecular formula is C18H26N2O3. The Morgan fingerprint density at radius 2 is 2.00 bits per heavy atom. The molecule has 2 fully saturated rings. The van der Waals surface area contributed by atoms with Crippen LogP contribution >= 0.6 is 0 Å². The van der Waals surface area contributed by atoms with E-state index in [4.69, 9.17) is 0 Å². The largest absolute Gasteiger partial charge is 0.392 e. The zero-order valence-electron chi connectivity index (χ0n) is 13.4. The summed E-state index contributed by atoms with van der Waals surface area (Å²) in [5, 5.41) is 22.8. The van der Waals surface area contributed by atoms with Crippen LogP contribution in [0.3, 0.4) is 0 Å². The van der Waals surface area contributed by atoms with Gasteiger partial charge in [-0.2, -0.15) is 0 Å². The average molecular weight is 318 g/mol. The smallest absolute Gasteiger partial charge is 0.225 e. The van der Waals surface area contributed by atoms with E-state index in [1.54, 1.807) is 0 Å². The van der Waals surface area contributed by atoms with Crippen LogP contribution in [0.1, 0.15) is 31.2 Å². The topological polar surface area (TPSA) is 72.8 Å². The van der Waals surface area contributed by atoms with Gasteiger partial charge < -0.3 is 15.5 Å². The van der Waals surface area contributed by atoms with Crippen LogP contribution in [0.4, 0.5) is 0 Å². The Hall–Kier alpha value is -1.43. The average Bonchev–Trinajstić information content (AvgIpc) is 3.12.